The van der Waals surface area contributed by atoms with E-state index in [1.807, 2.05) is 11.4 Å². The number of hydrogen-bond acceptors (Lipinski definition) is 4. The van der Waals surface area contributed by atoms with Crippen molar-refractivity contribution in [1.29, 1.82) is 0 Å². The second kappa shape index (κ2) is 3.98. The number of thiophene rings is 1. The van der Waals surface area contributed by atoms with Crippen LogP contribution in [0, 0.1) is 0 Å². The van der Waals surface area contributed by atoms with Crippen molar-refractivity contribution >= 4 is 22.8 Å². The number of phenolic OH excluding ortho intramolecular Hbond substituents is 1. The zero-order valence-corrected chi connectivity index (χ0v) is 9.54. The quantitative estimate of drug-likeness (QED) is 0.619. The van der Waals surface area contributed by atoms with E-state index in [1.54, 1.807) is 12.1 Å². The third-order valence-corrected chi connectivity index (χ3v) is 3.31. The van der Waals surface area contributed by atoms with Crippen LogP contribution >= 0.6 is 11.3 Å². The van der Waals surface area contributed by atoms with Gasteiger partial charge in [-0.3, -0.25) is 4.79 Å². The summed E-state index contributed by atoms with van der Waals surface area (Å²) in [5.41, 5.74) is 7.45. The lowest BCUT2D eigenvalue weighted by atomic mass is 10.0. The van der Waals surface area contributed by atoms with Gasteiger partial charge >= 0.3 is 0 Å². The first-order chi connectivity index (χ1) is 7.59. The third-order valence-electron chi connectivity index (χ3n) is 2.30. The van der Waals surface area contributed by atoms with E-state index < -0.39 is 0 Å². The van der Waals surface area contributed by atoms with E-state index in [4.69, 9.17) is 5.73 Å². The summed E-state index contributed by atoms with van der Waals surface area (Å²) in [4.78, 5) is 12.0. The molecule has 0 fully saturated rings. The van der Waals surface area contributed by atoms with Crippen molar-refractivity contribution in [2.45, 2.75) is 6.92 Å². The Bertz CT molecular complexity index is 546. The Hall–Kier alpha value is -1.81. The normalized spacial score (nSPS) is 10.3. The molecule has 0 bridgehead atoms. The fraction of sp³-hybridized carbons (Fsp3) is 0.0833. The number of ketones is 1. The largest absolute Gasteiger partial charge is 0.507 e. The molecule has 1 heterocycles. The van der Waals surface area contributed by atoms with Gasteiger partial charge in [-0.05, 0) is 30.5 Å². The molecule has 4 heteroatoms. The second-order valence-electron chi connectivity index (χ2n) is 3.50. The Morgan fingerprint density at radius 3 is 2.69 bits per heavy atom. The fourth-order valence-corrected chi connectivity index (χ4v) is 2.38. The molecule has 1 aromatic heterocycles. The molecule has 0 aliphatic rings. The molecule has 0 amide bonds. The molecule has 82 valence electrons. The number of phenols is 1. The molecular formula is C12H11NO2S. The van der Waals surface area contributed by atoms with Crippen molar-refractivity contribution in [2.24, 2.45) is 0 Å². The van der Waals surface area contributed by atoms with Crippen LogP contribution in [0.1, 0.15) is 16.6 Å². The molecule has 16 heavy (non-hydrogen) atoms. The average molecular weight is 233 g/mol. The van der Waals surface area contributed by atoms with Gasteiger partial charge < -0.3 is 10.8 Å². The van der Waals surface area contributed by atoms with Crippen LogP contribution in [0.4, 0.5) is 5.69 Å². The number of carbonyl (C=O) groups is 1. The molecule has 2 aromatic rings. The SMILES string of the molecule is CC(=O)c1sccc1-c1ccc(N)cc1O. The van der Waals surface area contributed by atoms with Gasteiger partial charge in [0.05, 0.1) is 4.88 Å². The Labute approximate surface area is 97.2 Å². The summed E-state index contributed by atoms with van der Waals surface area (Å²) in [5.74, 6) is 0.0992. The molecule has 0 unspecified atom stereocenters. The Kier molecular flexibility index (Phi) is 2.66. The third kappa shape index (κ3) is 1.79. The average Bonchev–Trinajstić information content (AvgIpc) is 2.66. The maximum Gasteiger partial charge on any atom is 0.170 e. The van der Waals surface area contributed by atoms with E-state index >= 15 is 0 Å². The summed E-state index contributed by atoms with van der Waals surface area (Å²) in [7, 11) is 0. The lowest BCUT2D eigenvalue weighted by Gasteiger charge is -2.05. The first kappa shape index (κ1) is 10.7. The highest BCUT2D eigenvalue weighted by Crippen LogP contribution is 2.35. The van der Waals surface area contributed by atoms with Crippen LogP contribution in [-0.4, -0.2) is 10.9 Å². The number of benzene rings is 1. The maximum atomic E-state index is 11.4. The molecule has 2 rings (SSSR count). The van der Waals surface area contributed by atoms with Gasteiger partial charge in [-0.15, -0.1) is 11.3 Å². The van der Waals surface area contributed by atoms with E-state index in [1.165, 1.54) is 24.3 Å². The van der Waals surface area contributed by atoms with Crippen molar-refractivity contribution in [3.63, 3.8) is 0 Å². The van der Waals surface area contributed by atoms with Crippen molar-refractivity contribution < 1.29 is 9.90 Å². The highest BCUT2D eigenvalue weighted by Gasteiger charge is 2.13. The van der Waals surface area contributed by atoms with Gasteiger partial charge in [-0.25, -0.2) is 0 Å². The zero-order valence-electron chi connectivity index (χ0n) is 8.73. The van der Waals surface area contributed by atoms with Crippen LogP contribution in [-0.2, 0) is 0 Å². The van der Waals surface area contributed by atoms with Gasteiger partial charge in [0.15, 0.2) is 5.78 Å². The number of carbonyl (C=O) groups excluding carboxylic acids is 1. The predicted molar refractivity (Wildman–Crippen MR) is 65.8 cm³/mol. The van der Waals surface area contributed by atoms with Gasteiger partial charge in [-0.1, -0.05) is 0 Å². The number of aromatic hydroxyl groups is 1. The topological polar surface area (TPSA) is 63.3 Å². The first-order valence-electron chi connectivity index (χ1n) is 4.77. The maximum absolute atomic E-state index is 11.4. The summed E-state index contributed by atoms with van der Waals surface area (Å²) < 4.78 is 0. The first-order valence-corrected chi connectivity index (χ1v) is 5.65. The number of rotatable bonds is 2. The number of anilines is 1. The molecule has 3 N–H and O–H groups in total. The lowest BCUT2D eigenvalue weighted by molar-refractivity contribution is 0.102. The molecular weight excluding hydrogens is 222 g/mol. The van der Waals surface area contributed by atoms with Crippen LogP contribution in [0.2, 0.25) is 0 Å². The molecule has 3 nitrogen and oxygen atoms in total. The molecule has 0 atom stereocenters. The number of hydrogen-bond donors (Lipinski definition) is 2. The van der Waals surface area contributed by atoms with E-state index in [0.29, 0.717) is 16.1 Å². The van der Waals surface area contributed by atoms with Crippen molar-refractivity contribution in [3.05, 3.63) is 34.5 Å². The Morgan fingerprint density at radius 2 is 2.06 bits per heavy atom. The smallest absolute Gasteiger partial charge is 0.170 e. The highest BCUT2D eigenvalue weighted by atomic mass is 32.1. The number of nitrogens with two attached hydrogens (primary N) is 1. The summed E-state index contributed by atoms with van der Waals surface area (Å²) in [6.07, 6.45) is 0. The second-order valence-corrected chi connectivity index (χ2v) is 4.41. The van der Waals surface area contributed by atoms with Gasteiger partial charge in [0, 0.05) is 22.9 Å². The minimum Gasteiger partial charge on any atom is -0.507 e. The summed E-state index contributed by atoms with van der Waals surface area (Å²) in [6.45, 7) is 1.52. The van der Waals surface area contributed by atoms with Crippen molar-refractivity contribution in [3.8, 4) is 16.9 Å². The standard InChI is InChI=1S/C12H11NO2S/c1-7(14)12-10(4-5-16-12)9-3-2-8(13)6-11(9)15/h2-6,15H,13H2,1H3. The highest BCUT2D eigenvalue weighted by molar-refractivity contribution is 7.12. The minimum atomic E-state index is 0.00113. The van der Waals surface area contributed by atoms with Crippen LogP contribution in [0.25, 0.3) is 11.1 Å². The molecule has 0 aliphatic carbocycles. The van der Waals surface area contributed by atoms with Gasteiger partial charge in [0.25, 0.3) is 0 Å². The van der Waals surface area contributed by atoms with Gasteiger partial charge in [0.2, 0.25) is 0 Å². The van der Waals surface area contributed by atoms with E-state index in [2.05, 4.69) is 0 Å². The lowest BCUT2D eigenvalue weighted by Crippen LogP contribution is -1.91. The van der Waals surface area contributed by atoms with E-state index in [-0.39, 0.29) is 11.5 Å². The summed E-state index contributed by atoms with van der Waals surface area (Å²) in [5, 5.41) is 11.6. The number of Topliss-reactive ketones (excluding diaryl/α,β-unsaturated/α-hetero) is 1. The van der Waals surface area contributed by atoms with Crippen LogP contribution in [0.5, 0.6) is 5.75 Å². The van der Waals surface area contributed by atoms with Crippen LogP contribution < -0.4 is 5.73 Å². The zero-order chi connectivity index (χ0) is 11.7. The predicted octanol–water partition coefficient (Wildman–Crippen LogP) is 2.91. The molecule has 0 saturated heterocycles. The van der Waals surface area contributed by atoms with Gasteiger partial charge in [0.1, 0.15) is 5.75 Å². The minimum absolute atomic E-state index is 0.00113. The van der Waals surface area contributed by atoms with Crippen molar-refractivity contribution in [2.75, 3.05) is 5.73 Å². The monoisotopic (exact) mass is 233 g/mol. The van der Waals surface area contributed by atoms with E-state index in [9.17, 15) is 9.90 Å². The Morgan fingerprint density at radius 1 is 1.31 bits per heavy atom. The fourth-order valence-electron chi connectivity index (χ4n) is 1.57. The Balaban J connectivity index is 2.59. The summed E-state index contributed by atoms with van der Waals surface area (Å²) in [6, 6.07) is 6.74. The number of nitrogen functional groups attached to an aromatic ring is 1. The van der Waals surface area contributed by atoms with Crippen molar-refractivity contribution in [1.82, 2.24) is 0 Å². The summed E-state index contributed by atoms with van der Waals surface area (Å²) >= 11 is 1.37. The van der Waals surface area contributed by atoms with Gasteiger partial charge in [-0.2, -0.15) is 0 Å². The van der Waals surface area contributed by atoms with E-state index in [0.717, 1.165) is 5.56 Å². The molecule has 0 aliphatic heterocycles. The molecule has 0 saturated carbocycles. The molecule has 0 radical (unpaired) electrons. The van der Waals surface area contributed by atoms with Crippen LogP contribution in [0.3, 0.4) is 0 Å². The van der Waals surface area contributed by atoms with Crippen LogP contribution in [0.15, 0.2) is 29.6 Å². The molecule has 1 aromatic carbocycles. The molecule has 0 spiro atoms.